The van der Waals surface area contributed by atoms with Gasteiger partial charge in [0.05, 0.1) is 24.5 Å². The van der Waals surface area contributed by atoms with Crippen LogP contribution in [-0.2, 0) is 20.5 Å². The summed E-state index contributed by atoms with van der Waals surface area (Å²) in [5.74, 6) is -1.11. The number of hydrogen-bond donors (Lipinski definition) is 1. The summed E-state index contributed by atoms with van der Waals surface area (Å²) in [6.07, 6.45) is -1.67. The molecule has 1 atom stereocenters. The topological polar surface area (TPSA) is 94.6 Å². The van der Waals surface area contributed by atoms with E-state index in [1.807, 2.05) is 6.92 Å². The molecule has 1 heterocycles. The number of benzene rings is 2. The number of pyridine rings is 1. The molecule has 0 aliphatic heterocycles. The Kier molecular flexibility index (Phi) is 8.18. The van der Waals surface area contributed by atoms with E-state index in [1.165, 1.54) is 37.6 Å². The van der Waals surface area contributed by atoms with Crippen molar-refractivity contribution >= 4 is 15.9 Å². The molecule has 2 aromatic carbocycles. The van der Waals surface area contributed by atoms with Crippen molar-refractivity contribution in [1.29, 1.82) is 0 Å². The maximum Gasteiger partial charge on any atom is 0.266 e. The number of alkyl halides is 2. The van der Waals surface area contributed by atoms with E-state index in [0.717, 1.165) is 5.56 Å². The zero-order chi connectivity index (χ0) is 25.8. The van der Waals surface area contributed by atoms with E-state index >= 15 is 0 Å². The average Bonchev–Trinajstić information content (AvgIpc) is 2.82. The number of sulfonamides is 1. The highest BCUT2D eigenvalue weighted by molar-refractivity contribution is 7.89. The van der Waals surface area contributed by atoms with E-state index in [9.17, 15) is 22.0 Å². The summed E-state index contributed by atoms with van der Waals surface area (Å²) in [6, 6.07) is 12.1. The van der Waals surface area contributed by atoms with Crippen molar-refractivity contribution in [3.05, 3.63) is 82.7 Å². The Morgan fingerprint density at radius 2 is 1.69 bits per heavy atom. The van der Waals surface area contributed by atoms with Crippen molar-refractivity contribution in [2.75, 3.05) is 14.2 Å². The van der Waals surface area contributed by atoms with Gasteiger partial charge in [-0.2, -0.15) is 0 Å². The molecule has 3 aromatic rings. The van der Waals surface area contributed by atoms with Crippen LogP contribution in [0.25, 0.3) is 11.1 Å². The summed E-state index contributed by atoms with van der Waals surface area (Å²) in [4.78, 5) is 17.1. The van der Waals surface area contributed by atoms with Gasteiger partial charge in [0.25, 0.3) is 12.3 Å². The summed E-state index contributed by atoms with van der Waals surface area (Å²) < 4.78 is 64.7. The molecule has 0 saturated heterocycles. The van der Waals surface area contributed by atoms with E-state index in [-0.39, 0.29) is 34.1 Å². The lowest BCUT2D eigenvalue weighted by Crippen LogP contribution is -2.32. The normalized spacial score (nSPS) is 12.4. The third-order valence-electron chi connectivity index (χ3n) is 5.46. The lowest BCUT2D eigenvalue weighted by molar-refractivity contribution is 0.0981. The van der Waals surface area contributed by atoms with Crippen LogP contribution in [0.2, 0.25) is 0 Å². The van der Waals surface area contributed by atoms with Crippen molar-refractivity contribution in [3.8, 4) is 16.9 Å². The Bertz CT molecular complexity index is 1310. The molecule has 1 aromatic heterocycles. The third kappa shape index (κ3) is 6.40. The van der Waals surface area contributed by atoms with Crippen LogP contribution in [0.3, 0.4) is 0 Å². The minimum Gasteiger partial charge on any atom is -0.496 e. The first-order valence-electron chi connectivity index (χ1n) is 10.6. The lowest BCUT2D eigenvalue weighted by Gasteiger charge is -2.15. The Morgan fingerprint density at radius 1 is 1.03 bits per heavy atom. The number of carbonyl (C=O) groups excluding carboxylic acids is 1. The van der Waals surface area contributed by atoms with Crippen LogP contribution in [0.5, 0.6) is 5.75 Å². The number of rotatable bonds is 9. The molecule has 3 rings (SSSR count). The van der Waals surface area contributed by atoms with Gasteiger partial charge in [0, 0.05) is 35.7 Å². The second-order valence-corrected chi connectivity index (χ2v) is 9.66. The molecule has 35 heavy (non-hydrogen) atoms. The largest absolute Gasteiger partial charge is 0.496 e. The van der Waals surface area contributed by atoms with E-state index in [1.54, 1.807) is 38.3 Å². The van der Waals surface area contributed by atoms with Crippen molar-refractivity contribution in [1.82, 2.24) is 9.71 Å². The molecular weight excluding hydrogens is 478 g/mol. The first-order valence-corrected chi connectivity index (χ1v) is 12.3. The van der Waals surface area contributed by atoms with Crippen molar-refractivity contribution in [3.63, 3.8) is 0 Å². The molecule has 0 radical (unpaired) electrons. The van der Waals surface area contributed by atoms with E-state index < -0.39 is 28.1 Å². The minimum absolute atomic E-state index is 0.0897. The van der Waals surface area contributed by atoms with Gasteiger partial charge >= 0.3 is 0 Å². The number of methoxy groups -OCH3 is 2. The second kappa shape index (κ2) is 10.9. The fraction of sp³-hybridized carbons (Fsp3) is 0.280. The predicted molar refractivity (Wildman–Crippen MR) is 128 cm³/mol. The summed E-state index contributed by atoms with van der Waals surface area (Å²) in [5.41, 5.74) is 1.96. The van der Waals surface area contributed by atoms with E-state index in [2.05, 4.69) is 9.71 Å². The summed E-state index contributed by atoms with van der Waals surface area (Å²) >= 11 is 0. The molecule has 7 nitrogen and oxygen atoms in total. The number of nitrogens with zero attached hydrogens (tertiary/aromatic N) is 1. The molecule has 1 amide bonds. The molecule has 0 aliphatic carbocycles. The lowest BCUT2D eigenvalue weighted by atomic mass is 9.97. The Hall–Kier alpha value is -3.37. The summed E-state index contributed by atoms with van der Waals surface area (Å²) in [6.45, 7) is 3.53. The fourth-order valence-electron chi connectivity index (χ4n) is 3.51. The zero-order valence-corrected chi connectivity index (χ0v) is 20.5. The molecule has 186 valence electrons. The van der Waals surface area contributed by atoms with Crippen molar-refractivity contribution in [2.24, 2.45) is 0 Å². The smallest absolute Gasteiger partial charge is 0.266 e. The number of halogens is 2. The number of nitrogens with one attached hydrogen (secondary N) is 1. The number of ether oxygens (including phenoxy) is 2. The maximum absolute atomic E-state index is 13.3. The average molecular weight is 505 g/mol. The second-order valence-electron chi connectivity index (χ2n) is 7.94. The van der Waals surface area contributed by atoms with Gasteiger partial charge in [0.2, 0.25) is 10.0 Å². The standard InChI is InChI=1S/C25H26F2N2O5S/c1-15-11-20(21-12-19(24(26)27)9-10-23(21)34-4)22(13-28-15)25(30)29-35(31,32)14-17-5-7-18(8-6-17)16(2)33-3/h5-13,16,24H,14H2,1-4H3,(H,29,30)/t16-/m0/s1. The van der Waals surface area contributed by atoms with Crippen molar-refractivity contribution in [2.45, 2.75) is 32.1 Å². The first kappa shape index (κ1) is 26.2. The molecule has 0 fully saturated rings. The summed E-state index contributed by atoms with van der Waals surface area (Å²) in [5, 5.41) is 0. The van der Waals surface area contributed by atoms with Crippen LogP contribution < -0.4 is 9.46 Å². The molecule has 10 heteroatoms. The number of aromatic nitrogens is 1. The highest BCUT2D eigenvalue weighted by atomic mass is 32.2. The van der Waals surface area contributed by atoms with Crippen LogP contribution in [0.15, 0.2) is 54.7 Å². The quantitative estimate of drug-likeness (QED) is 0.442. The monoisotopic (exact) mass is 504 g/mol. The van der Waals surface area contributed by atoms with Gasteiger partial charge in [-0.25, -0.2) is 21.9 Å². The number of hydrogen-bond acceptors (Lipinski definition) is 6. The molecule has 0 aliphatic rings. The maximum atomic E-state index is 13.3. The van der Waals surface area contributed by atoms with Gasteiger partial charge in [0.15, 0.2) is 0 Å². The van der Waals surface area contributed by atoms with Gasteiger partial charge in [-0.1, -0.05) is 24.3 Å². The van der Waals surface area contributed by atoms with Gasteiger partial charge in [0.1, 0.15) is 5.75 Å². The molecule has 1 N–H and O–H groups in total. The van der Waals surface area contributed by atoms with Gasteiger partial charge in [-0.05, 0) is 49.2 Å². The van der Waals surface area contributed by atoms with Crippen LogP contribution in [0.4, 0.5) is 8.78 Å². The fourth-order valence-corrected chi connectivity index (χ4v) is 4.60. The van der Waals surface area contributed by atoms with Crippen LogP contribution in [0.1, 0.15) is 52.2 Å². The highest BCUT2D eigenvalue weighted by Gasteiger charge is 2.23. The summed E-state index contributed by atoms with van der Waals surface area (Å²) in [7, 11) is -1.13. The molecule has 0 saturated carbocycles. The zero-order valence-electron chi connectivity index (χ0n) is 19.7. The number of amides is 1. The molecule has 0 bridgehead atoms. The Balaban J connectivity index is 1.91. The number of carbonyl (C=O) groups is 1. The first-order chi connectivity index (χ1) is 16.5. The SMILES string of the molecule is COc1ccc(C(F)F)cc1-c1cc(C)ncc1C(=O)NS(=O)(=O)Cc1ccc([C@H](C)OC)cc1. The minimum atomic E-state index is -4.08. The van der Waals surface area contributed by atoms with Gasteiger partial charge in [-0.3, -0.25) is 9.78 Å². The van der Waals surface area contributed by atoms with E-state index in [4.69, 9.17) is 9.47 Å². The number of aryl methyl sites for hydroxylation is 1. The molecular formula is C25H26F2N2O5S. The van der Waals surface area contributed by atoms with Crippen LogP contribution >= 0.6 is 0 Å². The predicted octanol–water partition coefficient (Wildman–Crippen LogP) is 4.97. The molecule has 0 spiro atoms. The van der Waals surface area contributed by atoms with Crippen molar-refractivity contribution < 1.29 is 31.5 Å². The highest BCUT2D eigenvalue weighted by Crippen LogP contribution is 2.36. The Morgan fingerprint density at radius 3 is 2.29 bits per heavy atom. The third-order valence-corrected chi connectivity index (χ3v) is 6.67. The molecule has 0 unspecified atom stereocenters. The van der Waals surface area contributed by atoms with Gasteiger partial charge in [-0.15, -0.1) is 0 Å². The van der Waals surface area contributed by atoms with Gasteiger partial charge < -0.3 is 9.47 Å². The van der Waals surface area contributed by atoms with E-state index in [0.29, 0.717) is 11.3 Å². The van der Waals surface area contributed by atoms with Crippen LogP contribution in [-0.4, -0.2) is 33.5 Å². The Labute approximate surface area is 203 Å². The van der Waals surface area contributed by atoms with Crippen LogP contribution in [0, 0.1) is 6.92 Å².